The molecule has 0 amide bonds. The summed E-state index contributed by atoms with van der Waals surface area (Å²) in [5.41, 5.74) is 0. The molecule has 82 valence electrons. The molecular formula is C11H17N3O. The first-order chi connectivity index (χ1) is 7.42. The van der Waals surface area contributed by atoms with Crippen LogP contribution >= 0.6 is 0 Å². The average molecular weight is 207 g/mol. The quantitative estimate of drug-likeness (QED) is 0.815. The first kappa shape index (κ1) is 9.33. The van der Waals surface area contributed by atoms with Crippen molar-refractivity contribution in [2.75, 3.05) is 13.1 Å². The zero-order chi connectivity index (χ0) is 10.1. The van der Waals surface area contributed by atoms with Gasteiger partial charge in [0.1, 0.15) is 0 Å². The predicted octanol–water partition coefficient (Wildman–Crippen LogP) is 1.49. The fourth-order valence-electron chi connectivity index (χ4n) is 2.20. The standard InChI is InChI=1S/C11H17N3O/c1-2-8(7-12-5-1)6-10-13-11(14-15-10)9-3-4-9/h8-9,12H,1-7H2. The van der Waals surface area contributed by atoms with E-state index in [2.05, 4.69) is 15.5 Å². The van der Waals surface area contributed by atoms with Crippen LogP contribution in [-0.2, 0) is 6.42 Å². The van der Waals surface area contributed by atoms with Gasteiger partial charge in [0, 0.05) is 12.3 Å². The van der Waals surface area contributed by atoms with Crippen LogP contribution in [0.5, 0.6) is 0 Å². The molecule has 2 aliphatic rings. The van der Waals surface area contributed by atoms with Gasteiger partial charge in [0.2, 0.25) is 5.89 Å². The Morgan fingerprint density at radius 3 is 3.00 bits per heavy atom. The van der Waals surface area contributed by atoms with Crippen molar-refractivity contribution in [3.63, 3.8) is 0 Å². The molecule has 2 heterocycles. The number of hydrogen-bond donors (Lipinski definition) is 1. The molecule has 1 unspecified atom stereocenters. The maximum Gasteiger partial charge on any atom is 0.226 e. The highest BCUT2D eigenvalue weighted by Gasteiger charge is 2.29. The summed E-state index contributed by atoms with van der Waals surface area (Å²) in [4.78, 5) is 4.46. The van der Waals surface area contributed by atoms with Crippen molar-refractivity contribution < 1.29 is 4.52 Å². The van der Waals surface area contributed by atoms with Crippen LogP contribution in [0.3, 0.4) is 0 Å². The summed E-state index contributed by atoms with van der Waals surface area (Å²) in [7, 11) is 0. The van der Waals surface area contributed by atoms with E-state index in [0.717, 1.165) is 31.2 Å². The minimum absolute atomic E-state index is 0.604. The van der Waals surface area contributed by atoms with Gasteiger partial charge >= 0.3 is 0 Å². The number of piperidine rings is 1. The molecule has 0 aromatic carbocycles. The van der Waals surface area contributed by atoms with Gasteiger partial charge in [-0.25, -0.2) is 0 Å². The van der Waals surface area contributed by atoms with E-state index in [0.29, 0.717) is 11.8 Å². The van der Waals surface area contributed by atoms with E-state index in [-0.39, 0.29) is 0 Å². The summed E-state index contributed by atoms with van der Waals surface area (Å²) >= 11 is 0. The first-order valence-corrected chi connectivity index (χ1v) is 5.95. The molecule has 1 saturated carbocycles. The third-order valence-corrected chi connectivity index (χ3v) is 3.29. The second-order valence-corrected chi connectivity index (χ2v) is 4.74. The van der Waals surface area contributed by atoms with Gasteiger partial charge in [0.25, 0.3) is 0 Å². The molecule has 0 spiro atoms. The SMILES string of the molecule is C1CNCC(Cc2nc(C3CC3)no2)C1. The predicted molar refractivity (Wildman–Crippen MR) is 55.6 cm³/mol. The molecule has 2 fully saturated rings. The molecule has 1 saturated heterocycles. The highest BCUT2D eigenvalue weighted by Crippen LogP contribution is 2.38. The zero-order valence-corrected chi connectivity index (χ0v) is 8.91. The number of nitrogens with zero attached hydrogens (tertiary/aromatic N) is 2. The Morgan fingerprint density at radius 2 is 2.27 bits per heavy atom. The molecule has 4 nitrogen and oxygen atoms in total. The van der Waals surface area contributed by atoms with Crippen LogP contribution in [0.1, 0.15) is 43.3 Å². The molecule has 0 bridgehead atoms. The van der Waals surface area contributed by atoms with Gasteiger partial charge in [0.15, 0.2) is 5.82 Å². The third-order valence-electron chi connectivity index (χ3n) is 3.29. The van der Waals surface area contributed by atoms with Crippen molar-refractivity contribution in [3.8, 4) is 0 Å². The molecule has 15 heavy (non-hydrogen) atoms. The molecular weight excluding hydrogens is 190 g/mol. The van der Waals surface area contributed by atoms with Crippen molar-refractivity contribution in [3.05, 3.63) is 11.7 Å². The van der Waals surface area contributed by atoms with E-state index in [4.69, 9.17) is 4.52 Å². The van der Waals surface area contributed by atoms with Crippen LogP contribution in [-0.4, -0.2) is 23.2 Å². The van der Waals surface area contributed by atoms with Gasteiger partial charge in [-0.2, -0.15) is 4.98 Å². The maximum atomic E-state index is 5.28. The van der Waals surface area contributed by atoms with Gasteiger partial charge in [0.05, 0.1) is 0 Å². The Kier molecular flexibility index (Phi) is 2.44. The highest BCUT2D eigenvalue weighted by atomic mass is 16.5. The van der Waals surface area contributed by atoms with Crippen molar-refractivity contribution >= 4 is 0 Å². The van der Waals surface area contributed by atoms with E-state index in [1.807, 2.05) is 0 Å². The number of rotatable bonds is 3. The van der Waals surface area contributed by atoms with Gasteiger partial charge in [-0.1, -0.05) is 5.16 Å². The Labute approximate surface area is 89.4 Å². The van der Waals surface area contributed by atoms with Crippen LogP contribution in [0.4, 0.5) is 0 Å². The van der Waals surface area contributed by atoms with Crippen LogP contribution in [0.25, 0.3) is 0 Å². The third kappa shape index (κ3) is 2.20. The summed E-state index contributed by atoms with van der Waals surface area (Å²) in [6.45, 7) is 2.26. The lowest BCUT2D eigenvalue weighted by molar-refractivity contribution is 0.314. The lowest BCUT2D eigenvalue weighted by Crippen LogP contribution is -2.30. The van der Waals surface area contributed by atoms with Crippen molar-refractivity contribution in [2.45, 2.75) is 38.0 Å². The summed E-state index contributed by atoms with van der Waals surface area (Å²) in [5.74, 6) is 3.07. The van der Waals surface area contributed by atoms with Crippen molar-refractivity contribution in [1.82, 2.24) is 15.5 Å². The molecule has 1 aliphatic carbocycles. The van der Waals surface area contributed by atoms with Crippen LogP contribution in [0.2, 0.25) is 0 Å². The minimum Gasteiger partial charge on any atom is -0.339 e. The summed E-state index contributed by atoms with van der Waals surface area (Å²) < 4.78 is 5.28. The Hall–Kier alpha value is -0.900. The zero-order valence-electron chi connectivity index (χ0n) is 8.91. The van der Waals surface area contributed by atoms with Gasteiger partial charge in [-0.15, -0.1) is 0 Å². The van der Waals surface area contributed by atoms with Crippen molar-refractivity contribution in [1.29, 1.82) is 0 Å². The minimum atomic E-state index is 0.604. The van der Waals surface area contributed by atoms with Crippen LogP contribution in [0.15, 0.2) is 4.52 Å². The van der Waals surface area contributed by atoms with Gasteiger partial charge < -0.3 is 9.84 Å². The van der Waals surface area contributed by atoms with E-state index in [1.54, 1.807) is 0 Å². The smallest absolute Gasteiger partial charge is 0.226 e. The van der Waals surface area contributed by atoms with E-state index >= 15 is 0 Å². The molecule has 1 aliphatic heterocycles. The average Bonchev–Trinajstić information content (AvgIpc) is 3.02. The normalized spacial score (nSPS) is 26.8. The lowest BCUT2D eigenvalue weighted by atomic mass is 9.96. The maximum absolute atomic E-state index is 5.28. The fraction of sp³-hybridized carbons (Fsp3) is 0.818. The number of aromatic nitrogens is 2. The Balaban J connectivity index is 1.60. The molecule has 3 rings (SSSR count). The number of hydrogen-bond acceptors (Lipinski definition) is 4. The molecule has 4 heteroatoms. The fourth-order valence-corrected chi connectivity index (χ4v) is 2.20. The van der Waals surface area contributed by atoms with Gasteiger partial charge in [-0.05, 0) is 44.7 Å². The van der Waals surface area contributed by atoms with Crippen LogP contribution in [0, 0.1) is 5.92 Å². The highest BCUT2D eigenvalue weighted by molar-refractivity contribution is 5.03. The first-order valence-electron chi connectivity index (χ1n) is 5.95. The number of nitrogens with one attached hydrogen (secondary N) is 1. The van der Waals surface area contributed by atoms with E-state index < -0.39 is 0 Å². The van der Waals surface area contributed by atoms with Crippen LogP contribution < -0.4 is 5.32 Å². The van der Waals surface area contributed by atoms with E-state index in [9.17, 15) is 0 Å². The summed E-state index contributed by atoms with van der Waals surface area (Å²) in [6.07, 6.45) is 5.99. The topological polar surface area (TPSA) is 51.0 Å². The second kappa shape index (κ2) is 3.93. The summed E-state index contributed by atoms with van der Waals surface area (Å²) in [5, 5.41) is 7.44. The molecule has 1 N–H and O–H groups in total. The summed E-state index contributed by atoms with van der Waals surface area (Å²) in [6, 6.07) is 0. The largest absolute Gasteiger partial charge is 0.339 e. The Morgan fingerprint density at radius 1 is 1.33 bits per heavy atom. The van der Waals surface area contributed by atoms with Crippen molar-refractivity contribution in [2.24, 2.45) is 5.92 Å². The van der Waals surface area contributed by atoms with Gasteiger partial charge in [-0.3, -0.25) is 0 Å². The molecule has 0 radical (unpaired) electrons. The Bertz CT molecular complexity index is 326. The molecule has 1 aromatic heterocycles. The lowest BCUT2D eigenvalue weighted by Gasteiger charge is -2.20. The molecule has 1 aromatic rings. The van der Waals surface area contributed by atoms with E-state index in [1.165, 1.54) is 25.7 Å². The second-order valence-electron chi connectivity index (χ2n) is 4.74. The molecule has 1 atom stereocenters. The monoisotopic (exact) mass is 207 g/mol.